The Kier molecular flexibility index (Phi) is 5.05. The van der Waals surface area contributed by atoms with Crippen LogP contribution in [-0.4, -0.2) is 19.0 Å². The second-order valence-corrected chi connectivity index (χ2v) is 8.38. The zero-order chi connectivity index (χ0) is 17.9. The highest BCUT2D eigenvalue weighted by Gasteiger charge is 2.23. The quantitative estimate of drug-likeness (QED) is 0.873. The van der Waals surface area contributed by atoms with E-state index in [-0.39, 0.29) is 5.91 Å². The summed E-state index contributed by atoms with van der Waals surface area (Å²) < 4.78 is 0. The van der Waals surface area contributed by atoms with Crippen LogP contribution in [0.15, 0.2) is 24.3 Å². The number of thiophene rings is 1. The van der Waals surface area contributed by atoms with Gasteiger partial charge in [-0.05, 0) is 36.8 Å². The number of nitrogens with zero attached hydrogens (tertiary/aromatic N) is 1. The average Bonchev–Trinajstić information content (AvgIpc) is 3.03. The summed E-state index contributed by atoms with van der Waals surface area (Å²) in [4.78, 5) is 15.2. The minimum Gasteiger partial charge on any atom is -0.330 e. The number of rotatable bonds is 4. The molecule has 4 rings (SSSR count). The maximum absolute atomic E-state index is 12.5. The molecule has 2 heterocycles. The van der Waals surface area contributed by atoms with Crippen molar-refractivity contribution in [3.63, 3.8) is 0 Å². The van der Waals surface area contributed by atoms with E-state index in [1.807, 2.05) is 0 Å². The molecule has 1 amide bonds. The molecule has 4 nitrogen and oxygen atoms in total. The van der Waals surface area contributed by atoms with E-state index in [2.05, 4.69) is 35.7 Å². The van der Waals surface area contributed by atoms with Crippen molar-refractivity contribution < 1.29 is 9.69 Å². The summed E-state index contributed by atoms with van der Waals surface area (Å²) in [6.07, 6.45) is 5.94. The van der Waals surface area contributed by atoms with Gasteiger partial charge in [0.05, 0.1) is 25.1 Å². The lowest BCUT2D eigenvalue weighted by molar-refractivity contribution is -0.915. The third-order valence-electron chi connectivity index (χ3n) is 5.55. The number of aryl methyl sites for hydroxylation is 1. The summed E-state index contributed by atoms with van der Waals surface area (Å²) in [5.41, 5.74) is 4.74. The molecule has 0 bridgehead atoms. The zero-order valence-electron chi connectivity index (χ0n) is 14.9. The number of hydrogen-bond donors (Lipinski definition) is 2. The molecule has 1 aliphatic heterocycles. The van der Waals surface area contributed by atoms with E-state index in [1.165, 1.54) is 32.9 Å². The lowest BCUT2D eigenvalue weighted by Gasteiger charge is -2.25. The molecule has 0 radical (unpaired) electrons. The third kappa shape index (κ3) is 3.53. The normalized spacial score (nSPS) is 18.5. The van der Waals surface area contributed by atoms with Crippen LogP contribution >= 0.6 is 11.3 Å². The Morgan fingerprint density at radius 3 is 2.85 bits per heavy atom. The van der Waals surface area contributed by atoms with Gasteiger partial charge >= 0.3 is 0 Å². The SMILES string of the molecule is N#Cc1c(NC(=O)CC[NH+]2CCc3ccccc3C2)sc2c1CCCC2. The van der Waals surface area contributed by atoms with Gasteiger partial charge in [-0.3, -0.25) is 4.79 Å². The standard InChI is InChI=1S/C21H23N3OS/c22-13-18-17-7-3-4-8-19(17)26-21(18)23-20(25)10-12-24-11-9-15-5-1-2-6-16(15)14-24/h1-2,5-6H,3-4,7-12,14H2,(H,23,25)/p+1. The smallest absolute Gasteiger partial charge is 0.230 e. The largest absolute Gasteiger partial charge is 0.330 e. The van der Waals surface area contributed by atoms with Crippen molar-refractivity contribution in [2.45, 2.75) is 45.1 Å². The van der Waals surface area contributed by atoms with Gasteiger partial charge in [0, 0.05) is 16.9 Å². The van der Waals surface area contributed by atoms with Gasteiger partial charge in [0.1, 0.15) is 17.6 Å². The first-order valence-corrected chi connectivity index (χ1v) is 10.3. The molecule has 1 aliphatic carbocycles. The van der Waals surface area contributed by atoms with E-state index in [1.54, 1.807) is 11.3 Å². The minimum atomic E-state index is 0.0338. The number of amides is 1. The molecule has 134 valence electrons. The maximum Gasteiger partial charge on any atom is 0.230 e. The predicted molar refractivity (Wildman–Crippen MR) is 103 cm³/mol. The van der Waals surface area contributed by atoms with Gasteiger partial charge < -0.3 is 10.2 Å². The molecule has 0 saturated heterocycles. The van der Waals surface area contributed by atoms with Crippen molar-refractivity contribution in [2.75, 3.05) is 18.4 Å². The minimum absolute atomic E-state index is 0.0338. The van der Waals surface area contributed by atoms with Crippen molar-refractivity contribution in [1.29, 1.82) is 5.26 Å². The second kappa shape index (κ2) is 7.61. The summed E-state index contributed by atoms with van der Waals surface area (Å²) in [6.45, 7) is 2.92. The number of anilines is 1. The van der Waals surface area contributed by atoms with Crippen LogP contribution in [0, 0.1) is 11.3 Å². The monoisotopic (exact) mass is 366 g/mol. The number of fused-ring (bicyclic) bond motifs is 2. The first kappa shape index (κ1) is 17.3. The lowest BCUT2D eigenvalue weighted by Crippen LogP contribution is -3.11. The van der Waals surface area contributed by atoms with E-state index in [9.17, 15) is 10.1 Å². The Bertz CT molecular complexity index is 865. The van der Waals surface area contributed by atoms with Gasteiger partial charge in [0.15, 0.2) is 0 Å². The first-order valence-electron chi connectivity index (χ1n) is 9.49. The highest BCUT2D eigenvalue weighted by Crippen LogP contribution is 2.37. The Morgan fingerprint density at radius 2 is 2.00 bits per heavy atom. The number of nitriles is 1. The average molecular weight is 367 g/mol. The van der Waals surface area contributed by atoms with E-state index in [4.69, 9.17) is 0 Å². The fourth-order valence-corrected chi connectivity index (χ4v) is 5.36. The molecule has 26 heavy (non-hydrogen) atoms. The van der Waals surface area contributed by atoms with Crippen molar-refractivity contribution in [3.8, 4) is 6.07 Å². The summed E-state index contributed by atoms with van der Waals surface area (Å²) in [7, 11) is 0. The van der Waals surface area contributed by atoms with Crippen LogP contribution in [0.4, 0.5) is 5.00 Å². The molecule has 1 aromatic carbocycles. The molecule has 0 saturated carbocycles. The number of carbonyl (C=O) groups excluding carboxylic acids is 1. The molecule has 0 fully saturated rings. The Morgan fingerprint density at radius 1 is 1.19 bits per heavy atom. The Hall–Kier alpha value is -2.16. The molecule has 1 aromatic heterocycles. The summed E-state index contributed by atoms with van der Waals surface area (Å²) >= 11 is 1.61. The molecule has 0 spiro atoms. The number of quaternary nitrogens is 1. The molecular weight excluding hydrogens is 342 g/mol. The van der Waals surface area contributed by atoms with Crippen LogP contribution in [-0.2, 0) is 30.6 Å². The van der Waals surface area contributed by atoms with Crippen LogP contribution in [0.3, 0.4) is 0 Å². The zero-order valence-corrected chi connectivity index (χ0v) is 15.8. The number of benzene rings is 1. The van der Waals surface area contributed by atoms with Crippen LogP contribution in [0.25, 0.3) is 0 Å². The van der Waals surface area contributed by atoms with E-state index >= 15 is 0 Å². The van der Waals surface area contributed by atoms with Crippen LogP contribution in [0.5, 0.6) is 0 Å². The molecular formula is C21H24N3OS+. The van der Waals surface area contributed by atoms with Crippen LogP contribution < -0.4 is 10.2 Å². The van der Waals surface area contributed by atoms with E-state index in [0.717, 1.165) is 50.3 Å². The predicted octanol–water partition coefficient (Wildman–Crippen LogP) is 2.47. The molecule has 1 atom stereocenters. The maximum atomic E-state index is 12.5. The first-order chi connectivity index (χ1) is 12.7. The van der Waals surface area contributed by atoms with Crippen LogP contribution in [0.2, 0.25) is 0 Å². The van der Waals surface area contributed by atoms with Gasteiger partial charge in [-0.1, -0.05) is 24.3 Å². The fraction of sp³-hybridized carbons (Fsp3) is 0.429. The number of nitrogens with one attached hydrogen (secondary N) is 2. The van der Waals surface area contributed by atoms with E-state index < -0.39 is 0 Å². The summed E-state index contributed by atoms with van der Waals surface area (Å²) in [5.74, 6) is 0.0338. The van der Waals surface area contributed by atoms with Crippen molar-refractivity contribution in [3.05, 3.63) is 51.4 Å². The Labute approximate surface area is 158 Å². The van der Waals surface area contributed by atoms with Crippen molar-refractivity contribution in [1.82, 2.24) is 0 Å². The van der Waals surface area contributed by atoms with E-state index in [0.29, 0.717) is 12.0 Å². The van der Waals surface area contributed by atoms with Crippen molar-refractivity contribution >= 4 is 22.2 Å². The molecule has 2 aromatic rings. The van der Waals surface area contributed by atoms with Crippen LogP contribution in [0.1, 0.15) is 46.4 Å². The highest BCUT2D eigenvalue weighted by molar-refractivity contribution is 7.16. The van der Waals surface area contributed by atoms with Gasteiger partial charge in [-0.25, -0.2) is 0 Å². The molecule has 5 heteroatoms. The topological polar surface area (TPSA) is 57.3 Å². The van der Waals surface area contributed by atoms with Gasteiger partial charge in [-0.15, -0.1) is 11.3 Å². The highest BCUT2D eigenvalue weighted by atomic mass is 32.1. The summed E-state index contributed by atoms with van der Waals surface area (Å²) in [6, 6.07) is 10.9. The fourth-order valence-electron chi connectivity index (χ4n) is 4.11. The van der Waals surface area contributed by atoms with Crippen molar-refractivity contribution in [2.24, 2.45) is 0 Å². The van der Waals surface area contributed by atoms with Gasteiger partial charge in [0.2, 0.25) is 5.91 Å². The number of hydrogen-bond acceptors (Lipinski definition) is 3. The van der Waals surface area contributed by atoms with Gasteiger partial charge in [0.25, 0.3) is 0 Å². The Balaban J connectivity index is 1.35. The molecule has 1 unspecified atom stereocenters. The number of carbonyl (C=O) groups is 1. The lowest BCUT2D eigenvalue weighted by atomic mass is 9.96. The second-order valence-electron chi connectivity index (χ2n) is 7.27. The third-order valence-corrected chi connectivity index (χ3v) is 6.76. The van der Waals surface area contributed by atoms with Gasteiger partial charge in [-0.2, -0.15) is 5.26 Å². The molecule has 2 N–H and O–H groups in total. The summed E-state index contributed by atoms with van der Waals surface area (Å²) in [5, 5.41) is 13.3. The molecule has 2 aliphatic rings.